The molecule has 174 valence electrons. The summed E-state index contributed by atoms with van der Waals surface area (Å²) in [7, 11) is 0. The van der Waals surface area contributed by atoms with Crippen molar-refractivity contribution in [3.8, 4) is 6.07 Å². The van der Waals surface area contributed by atoms with Gasteiger partial charge in [-0.1, -0.05) is 42.5 Å². The molecular formula is C27H25N7O. The molecule has 35 heavy (non-hydrogen) atoms. The maximum Gasteiger partial charge on any atom is 0.318 e. The normalized spacial score (nSPS) is 22.0. The predicted molar refractivity (Wildman–Crippen MR) is 134 cm³/mol. The van der Waals surface area contributed by atoms with Crippen LogP contribution in [0.25, 0.3) is 10.9 Å². The molecule has 1 aromatic heterocycles. The van der Waals surface area contributed by atoms with E-state index >= 15 is 0 Å². The topological polar surface area (TPSA) is 106 Å². The molecule has 0 saturated heterocycles. The lowest BCUT2D eigenvalue weighted by Crippen LogP contribution is -2.51. The highest BCUT2D eigenvalue weighted by Crippen LogP contribution is 2.42. The van der Waals surface area contributed by atoms with E-state index < -0.39 is 5.54 Å². The van der Waals surface area contributed by atoms with Crippen molar-refractivity contribution in [3.63, 3.8) is 0 Å². The Hall–Kier alpha value is -4.25. The fraction of sp³-hybridized carbons (Fsp3) is 0.296. The number of carbonyl (C=O) groups is 1. The Kier molecular flexibility index (Phi) is 4.81. The molecule has 2 atom stereocenters. The predicted octanol–water partition coefficient (Wildman–Crippen LogP) is 3.98. The third-order valence-corrected chi connectivity index (χ3v) is 7.29. The first-order valence-corrected chi connectivity index (χ1v) is 11.8. The Balaban J connectivity index is 1.20. The maximum atomic E-state index is 13.3. The minimum Gasteiger partial charge on any atom is -0.335 e. The highest BCUT2D eigenvalue weighted by atomic mass is 16.2. The molecule has 8 heteroatoms. The van der Waals surface area contributed by atoms with Gasteiger partial charge in [0.2, 0.25) is 5.82 Å². The molecule has 3 aromatic rings. The minimum atomic E-state index is -0.449. The van der Waals surface area contributed by atoms with Crippen LogP contribution in [0.3, 0.4) is 0 Å². The summed E-state index contributed by atoms with van der Waals surface area (Å²) in [5.41, 5.74) is 3.66. The molecule has 2 amide bonds. The van der Waals surface area contributed by atoms with Gasteiger partial charge in [0, 0.05) is 22.9 Å². The van der Waals surface area contributed by atoms with Gasteiger partial charge in [-0.05, 0) is 43.5 Å². The molecule has 8 nitrogen and oxygen atoms in total. The first-order chi connectivity index (χ1) is 17.0. The number of aliphatic imine (C=N–C) groups is 1. The van der Waals surface area contributed by atoms with Crippen molar-refractivity contribution in [2.45, 2.75) is 37.8 Å². The lowest BCUT2D eigenvalue weighted by Gasteiger charge is -2.34. The van der Waals surface area contributed by atoms with Crippen molar-refractivity contribution in [1.29, 1.82) is 5.26 Å². The Morgan fingerprint density at radius 3 is 2.69 bits per heavy atom. The second-order valence-corrected chi connectivity index (χ2v) is 9.73. The first-order valence-electron chi connectivity index (χ1n) is 11.8. The van der Waals surface area contributed by atoms with Gasteiger partial charge >= 0.3 is 6.03 Å². The van der Waals surface area contributed by atoms with Gasteiger partial charge in [-0.15, -0.1) is 0 Å². The quantitative estimate of drug-likeness (QED) is 0.611. The smallest absolute Gasteiger partial charge is 0.318 e. The summed E-state index contributed by atoms with van der Waals surface area (Å²) in [6.45, 7) is 5.14. The third kappa shape index (κ3) is 3.60. The van der Waals surface area contributed by atoms with Crippen LogP contribution in [-0.2, 0) is 0 Å². The highest BCUT2D eigenvalue weighted by Gasteiger charge is 2.47. The van der Waals surface area contributed by atoms with Gasteiger partial charge in [-0.3, -0.25) is 4.99 Å². The summed E-state index contributed by atoms with van der Waals surface area (Å²) in [5.74, 6) is 1.72. The van der Waals surface area contributed by atoms with Gasteiger partial charge in [0.1, 0.15) is 17.7 Å². The number of hydrogen-bond acceptors (Lipinski definition) is 6. The molecule has 2 N–H and O–H groups in total. The van der Waals surface area contributed by atoms with Gasteiger partial charge < -0.3 is 15.5 Å². The number of nitrogens with zero attached hydrogens (tertiary/aromatic N) is 5. The number of hydrogen-bond donors (Lipinski definition) is 2. The zero-order chi connectivity index (χ0) is 24.2. The Labute approximate surface area is 203 Å². The van der Waals surface area contributed by atoms with E-state index in [0.29, 0.717) is 36.2 Å². The second-order valence-electron chi connectivity index (χ2n) is 9.73. The first kappa shape index (κ1) is 21.3. The zero-order valence-corrected chi connectivity index (χ0v) is 19.6. The number of rotatable bonds is 3. The van der Waals surface area contributed by atoms with Gasteiger partial charge in [0.05, 0.1) is 24.1 Å². The highest BCUT2D eigenvalue weighted by molar-refractivity contribution is 6.13. The Bertz CT molecular complexity index is 1450. The number of fused-ring (bicyclic) bond motifs is 1. The van der Waals surface area contributed by atoms with Gasteiger partial charge in [0.25, 0.3) is 0 Å². The SMILES string of the molecule is CC1(C)C2=C(CN1C(=O)N[C@@H]1C[C@H]1c1ccccc1)C(Nc1nc(C#N)nc3ccccc13)=NC2. The van der Waals surface area contributed by atoms with Crippen molar-refractivity contribution in [3.05, 3.63) is 77.1 Å². The Morgan fingerprint density at radius 2 is 1.89 bits per heavy atom. The van der Waals surface area contributed by atoms with Crippen LogP contribution in [0.5, 0.6) is 0 Å². The number of amides is 2. The molecule has 6 rings (SSSR count). The molecule has 2 aliphatic heterocycles. The van der Waals surface area contributed by atoms with E-state index in [2.05, 4.69) is 46.6 Å². The molecule has 2 aromatic carbocycles. The van der Waals surface area contributed by atoms with Crippen molar-refractivity contribution in [2.24, 2.45) is 4.99 Å². The van der Waals surface area contributed by atoms with Crippen molar-refractivity contribution >= 4 is 28.6 Å². The van der Waals surface area contributed by atoms with Gasteiger partial charge in [0.15, 0.2) is 0 Å². The molecule has 0 unspecified atom stereocenters. The number of para-hydroxylation sites is 1. The van der Waals surface area contributed by atoms with E-state index in [9.17, 15) is 10.1 Å². The molecule has 0 spiro atoms. The summed E-state index contributed by atoms with van der Waals surface area (Å²) in [6.07, 6.45) is 0.966. The molecule has 3 aliphatic rings. The van der Waals surface area contributed by atoms with Crippen LogP contribution in [0.2, 0.25) is 0 Å². The molecule has 1 saturated carbocycles. The lowest BCUT2D eigenvalue weighted by molar-refractivity contribution is 0.170. The number of aromatic nitrogens is 2. The van der Waals surface area contributed by atoms with Crippen LogP contribution in [0.4, 0.5) is 10.6 Å². The lowest BCUT2D eigenvalue weighted by atomic mass is 9.94. The molecule has 3 heterocycles. The number of benzene rings is 2. The summed E-state index contributed by atoms with van der Waals surface area (Å²) < 4.78 is 0. The van der Waals surface area contributed by atoms with Crippen LogP contribution >= 0.6 is 0 Å². The fourth-order valence-corrected chi connectivity index (χ4v) is 5.18. The summed E-state index contributed by atoms with van der Waals surface area (Å²) in [5, 5.41) is 16.8. The summed E-state index contributed by atoms with van der Waals surface area (Å²) >= 11 is 0. The number of carbonyl (C=O) groups excluding carboxylic acids is 1. The average molecular weight is 464 g/mol. The monoisotopic (exact) mass is 463 g/mol. The van der Waals surface area contributed by atoms with Crippen LogP contribution in [0, 0.1) is 11.3 Å². The minimum absolute atomic E-state index is 0.0496. The van der Waals surface area contributed by atoms with E-state index in [-0.39, 0.29) is 17.9 Å². The summed E-state index contributed by atoms with van der Waals surface area (Å²) in [6, 6.07) is 20.0. The molecular weight excluding hydrogens is 438 g/mol. The summed E-state index contributed by atoms with van der Waals surface area (Å²) in [4.78, 5) is 28.6. The molecule has 1 fully saturated rings. The maximum absolute atomic E-state index is 13.3. The van der Waals surface area contributed by atoms with E-state index in [0.717, 1.165) is 23.0 Å². The molecule has 1 aliphatic carbocycles. The number of urea groups is 1. The zero-order valence-electron chi connectivity index (χ0n) is 19.6. The van der Waals surface area contributed by atoms with E-state index in [1.807, 2.05) is 53.4 Å². The fourth-order valence-electron chi connectivity index (χ4n) is 5.18. The molecule has 0 bridgehead atoms. The number of amidine groups is 1. The van der Waals surface area contributed by atoms with Crippen molar-refractivity contribution in [2.75, 3.05) is 18.4 Å². The number of nitrogens with one attached hydrogen (secondary N) is 2. The van der Waals surface area contributed by atoms with Crippen molar-refractivity contribution in [1.82, 2.24) is 20.2 Å². The number of nitriles is 1. The van der Waals surface area contributed by atoms with Crippen LogP contribution in [0.15, 0.2) is 70.7 Å². The van der Waals surface area contributed by atoms with Crippen LogP contribution in [-0.4, -0.2) is 51.4 Å². The van der Waals surface area contributed by atoms with Gasteiger partial charge in [-0.25, -0.2) is 14.8 Å². The second kappa shape index (κ2) is 7.91. The van der Waals surface area contributed by atoms with Crippen LogP contribution in [0.1, 0.15) is 37.6 Å². The van der Waals surface area contributed by atoms with E-state index in [1.165, 1.54) is 5.56 Å². The standard InChI is InChI=1S/C27H25N7O/c1-27(2)20-14-29-24(33-25-17-10-6-7-11-21(17)30-23(13-28)32-25)19(20)15-34(27)26(35)31-22-12-18(22)16-8-4-3-5-9-16/h3-11,18,22H,12,14-15H2,1-2H3,(H,31,35)(H,29,30,32,33)/t18-,22+/m0/s1. The largest absolute Gasteiger partial charge is 0.335 e. The Morgan fingerprint density at radius 1 is 1.11 bits per heavy atom. The van der Waals surface area contributed by atoms with Crippen LogP contribution < -0.4 is 10.6 Å². The molecule has 0 radical (unpaired) electrons. The number of anilines is 1. The van der Waals surface area contributed by atoms with E-state index in [4.69, 9.17) is 4.99 Å². The van der Waals surface area contributed by atoms with Crippen molar-refractivity contribution < 1.29 is 4.79 Å². The van der Waals surface area contributed by atoms with Gasteiger partial charge in [-0.2, -0.15) is 5.26 Å². The third-order valence-electron chi connectivity index (χ3n) is 7.29. The average Bonchev–Trinajstić information content (AvgIpc) is 3.42. The van der Waals surface area contributed by atoms with E-state index in [1.54, 1.807) is 0 Å².